The average Bonchev–Trinajstić information content (AvgIpc) is 2.26. The fraction of sp³-hybridized carbons (Fsp3) is 0.200. The molecular formula is C10H11NO3. The number of rotatable bonds is 4. The van der Waals surface area contributed by atoms with Crippen molar-refractivity contribution in [2.24, 2.45) is 0 Å². The molecule has 1 N–H and O–H groups in total. The largest absolute Gasteiger partial charge is 0.465 e. The molecular weight excluding hydrogens is 182 g/mol. The highest BCUT2D eigenvalue weighted by molar-refractivity contribution is 5.89. The lowest BCUT2D eigenvalue weighted by molar-refractivity contribution is -0.109. The van der Waals surface area contributed by atoms with E-state index in [1.54, 1.807) is 24.3 Å². The number of hydrogen-bond donors (Lipinski definition) is 1. The number of ether oxygens (including phenoxy) is 1. The van der Waals surface area contributed by atoms with Crippen LogP contribution in [0, 0.1) is 0 Å². The molecule has 0 aliphatic rings. The van der Waals surface area contributed by atoms with Crippen molar-refractivity contribution in [3.63, 3.8) is 0 Å². The predicted molar refractivity (Wildman–Crippen MR) is 50.7 cm³/mol. The second-order valence-electron chi connectivity index (χ2n) is 2.69. The Morgan fingerprint density at radius 1 is 1.43 bits per heavy atom. The molecule has 4 nitrogen and oxygen atoms in total. The van der Waals surface area contributed by atoms with Gasteiger partial charge in [0.1, 0.15) is 0 Å². The van der Waals surface area contributed by atoms with Gasteiger partial charge in [0.15, 0.2) is 0 Å². The van der Waals surface area contributed by atoms with Gasteiger partial charge in [-0.25, -0.2) is 4.79 Å². The van der Waals surface area contributed by atoms with E-state index in [0.29, 0.717) is 18.5 Å². The lowest BCUT2D eigenvalue weighted by Gasteiger charge is -2.01. The zero-order valence-corrected chi connectivity index (χ0v) is 7.82. The van der Waals surface area contributed by atoms with Crippen molar-refractivity contribution in [1.29, 1.82) is 0 Å². The van der Waals surface area contributed by atoms with Crippen molar-refractivity contribution in [3.05, 3.63) is 35.4 Å². The van der Waals surface area contributed by atoms with Crippen LogP contribution in [0.1, 0.15) is 15.9 Å². The number of carbonyl (C=O) groups is 2. The Hall–Kier alpha value is -1.84. The summed E-state index contributed by atoms with van der Waals surface area (Å²) in [7, 11) is 1.34. The molecule has 0 aromatic heterocycles. The van der Waals surface area contributed by atoms with E-state index in [1.165, 1.54) is 7.11 Å². The molecule has 0 heterocycles. The highest BCUT2D eigenvalue weighted by atomic mass is 16.5. The summed E-state index contributed by atoms with van der Waals surface area (Å²) in [5.41, 5.74) is 1.44. The minimum absolute atomic E-state index is 0.361. The first kappa shape index (κ1) is 10.2. The molecule has 4 heteroatoms. The lowest BCUT2D eigenvalue weighted by Crippen LogP contribution is -2.10. The maximum atomic E-state index is 11.0. The summed E-state index contributed by atoms with van der Waals surface area (Å²) in [6, 6.07) is 6.85. The summed E-state index contributed by atoms with van der Waals surface area (Å²) in [6.07, 6.45) is 0.633. The smallest absolute Gasteiger partial charge is 0.337 e. The fourth-order valence-corrected chi connectivity index (χ4v) is 1.04. The molecule has 0 unspecified atom stereocenters. The third-order valence-corrected chi connectivity index (χ3v) is 1.76. The number of hydrogen-bond acceptors (Lipinski definition) is 3. The molecule has 0 radical (unpaired) electrons. The number of methoxy groups -OCH3 is 1. The van der Waals surface area contributed by atoms with Crippen molar-refractivity contribution >= 4 is 12.4 Å². The molecule has 0 fully saturated rings. The van der Waals surface area contributed by atoms with Gasteiger partial charge >= 0.3 is 5.97 Å². The zero-order valence-electron chi connectivity index (χ0n) is 7.82. The Morgan fingerprint density at radius 3 is 2.57 bits per heavy atom. The van der Waals surface area contributed by atoms with E-state index >= 15 is 0 Å². The van der Waals surface area contributed by atoms with Gasteiger partial charge in [0, 0.05) is 6.54 Å². The summed E-state index contributed by atoms with van der Waals surface area (Å²) in [5, 5.41) is 2.53. The molecule has 0 aliphatic heterocycles. The van der Waals surface area contributed by atoms with Crippen molar-refractivity contribution < 1.29 is 14.3 Å². The van der Waals surface area contributed by atoms with Gasteiger partial charge in [0.25, 0.3) is 0 Å². The maximum Gasteiger partial charge on any atom is 0.337 e. The number of esters is 1. The molecule has 0 atom stereocenters. The van der Waals surface area contributed by atoms with Crippen molar-refractivity contribution in [3.8, 4) is 0 Å². The number of nitrogens with one attached hydrogen (secondary N) is 1. The lowest BCUT2D eigenvalue weighted by atomic mass is 10.1. The highest BCUT2D eigenvalue weighted by Gasteiger charge is 2.03. The Labute approximate surface area is 81.9 Å². The van der Waals surface area contributed by atoms with Crippen LogP contribution in [0.3, 0.4) is 0 Å². The first-order valence-corrected chi connectivity index (χ1v) is 4.12. The van der Waals surface area contributed by atoms with E-state index in [1.807, 2.05) is 0 Å². The molecule has 1 amide bonds. The summed E-state index contributed by atoms with van der Waals surface area (Å²) in [4.78, 5) is 21.1. The van der Waals surface area contributed by atoms with Gasteiger partial charge in [-0.05, 0) is 17.7 Å². The number of amides is 1. The molecule has 74 valence electrons. The standard InChI is InChI=1S/C10H11NO3/c1-14-10(13)9-4-2-8(3-5-9)6-11-7-12/h2-5,7H,6H2,1H3,(H,11,12). The van der Waals surface area contributed by atoms with Gasteiger partial charge in [0.2, 0.25) is 6.41 Å². The second kappa shape index (κ2) is 5.01. The van der Waals surface area contributed by atoms with Crippen LogP contribution in [0.2, 0.25) is 0 Å². The van der Waals surface area contributed by atoms with Crippen molar-refractivity contribution in [2.75, 3.05) is 7.11 Å². The Kier molecular flexibility index (Phi) is 3.67. The third-order valence-electron chi connectivity index (χ3n) is 1.76. The van der Waals surface area contributed by atoms with Crippen LogP contribution in [0.5, 0.6) is 0 Å². The molecule has 1 aromatic rings. The van der Waals surface area contributed by atoms with Gasteiger partial charge in [-0.1, -0.05) is 12.1 Å². The number of benzene rings is 1. The van der Waals surface area contributed by atoms with E-state index in [-0.39, 0.29) is 5.97 Å². The van der Waals surface area contributed by atoms with Crippen molar-refractivity contribution in [2.45, 2.75) is 6.54 Å². The van der Waals surface area contributed by atoms with E-state index < -0.39 is 0 Å². The zero-order chi connectivity index (χ0) is 10.4. The third kappa shape index (κ3) is 2.58. The molecule has 1 aromatic carbocycles. The second-order valence-corrected chi connectivity index (χ2v) is 2.69. The van der Waals surface area contributed by atoms with E-state index in [0.717, 1.165) is 5.56 Å². The van der Waals surface area contributed by atoms with Crippen LogP contribution in [-0.2, 0) is 16.1 Å². The Balaban J connectivity index is 2.68. The molecule has 0 saturated carbocycles. The van der Waals surface area contributed by atoms with Crippen LogP contribution in [0.25, 0.3) is 0 Å². The monoisotopic (exact) mass is 193 g/mol. The summed E-state index contributed by atoms with van der Waals surface area (Å²) in [5.74, 6) is -0.361. The van der Waals surface area contributed by atoms with Gasteiger partial charge < -0.3 is 10.1 Å². The molecule has 1 rings (SSSR count). The topological polar surface area (TPSA) is 55.4 Å². The molecule has 0 aliphatic carbocycles. The molecule has 0 spiro atoms. The van der Waals surface area contributed by atoms with Gasteiger partial charge in [-0.3, -0.25) is 4.79 Å². The predicted octanol–water partition coefficient (Wildman–Crippen LogP) is 0.719. The SMILES string of the molecule is COC(=O)c1ccc(CNC=O)cc1. The fourth-order valence-electron chi connectivity index (χ4n) is 1.04. The minimum Gasteiger partial charge on any atom is -0.465 e. The van der Waals surface area contributed by atoms with Gasteiger partial charge in [-0.15, -0.1) is 0 Å². The van der Waals surface area contributed by atoms with Crippen molar-refractivity contribution in [1.82, 2.24) is 5.32 Å². The van der Waals surface area contributed by atoms with Crippen LogP contribution < -0.4 is 5.32 Å². The Bertz CT molecular complexity index is 319. The first-order valence-electron chi connectivity index (χ1n) is 4.12. The summed E-state index contributed by atoms with van der Waals surface area (Å²) < 4.78 is 4.55. The summed E-state index contributed by atoms with van der Waals surface area (Å²) in [6.45, 7) is 0.463. The van der Waals surface area contributed by atoms with Gasteiger partial charge in [0.05, 0.1) is 12.7 Å². The average molecular weight is 193 g/mol. The minimum atomic E-state index is -0.361. The molecule has 0 saturated heterocycles. The normalized spacial score (nSPS) is 9.21. The quantitative estimate of drug-likeness (QED) is 0.566. The first-order chi connectivity index (χ1) is 6.77. The molecule has 0 bridgehead atoms. The van der Waals surface area contributed by atoms with E-state index in [2.05, 4.69) is 10.1 Å². The highest BCUT2D eigenvalue weighted by Crippen LogP contribution is 2.05. The molecule has 14 heavy (non-hydrogen) atoms. The maximum absolute atomic E-state index is 11.0. The number of carbonyl (C=O) groups excluding carboxylic acids is 2. The van der Waals surface area contributed by atoms with E-state index in [4.69, 9.17) is 0 Å². The van der Waals surface area contributed by atoms with Gasteiger partial charge in [-0.2, -0.15) is 0 Å². The Morgan fingerprint density at radius 2 is 2.07 bits per heavy atom. The summed E-state index contributed by atoms with van der Waals surface area (Å²) >= 11 is 0. The van der Waals surface area contributed by atoms with Crippen LogP contribution >= 0.6 is 0 Å². The van der Waals surface area contributed by atoms with Crippen LogP contribution in [0.15, 0.2) is 24.3 Å². The van der Waals surface area contributed by atoms with Crippen LogP contribution in [0.4, 0.5) is 0 Å². The van der Waals surface area contributed by atoms with E-state index in [9.17, 15) is 9.59 Å². The van der Waals surface area contributed by atoms with Crippen LogP contribution in [-0.4, -0.2) is 19.5 Å².